The van der Waals surface area contributed by atoms with E-state index in [9.17, 15) is 19.1 Å². The number of carbonyl (C=O) groups excluding carboxylic acids is 1. The Balaban J connectivity index is 2.07. The first kappa shape index (κ1) is 20.6. The molecule has 6 nitrogen and oxygen atoms in total. The summed E-state index contributed by atoms with van der Waals surface area (Å²) in [5.74, 6) is -1.83. The van der Waals surface area contributed by atoms with Crippen molar-refractivity contribution in [1.82, 2.24) is 15.1 Å². The molecule has 27 heavy (non-hydrogen) atoms. The molecule has 0 spiro atoms. The number of amides is 1. The van der Waals surface area contributed by atoms with Crippen molar-refractivity contribution in [2.75, 3.05) is 6.54 Å². The van der Waals surface area contributed by atoms with E-state index in [0.29, 0.717) is 17.8 Å². The molecule has 0 aliphatic rings. The molecule has 1 amide bonds. The summed E-state index contributed by atoms with van der Waals surface area (Å²) >= 11 is 0. The molecule has 2 N–H and O–H groups in total. The predicted molar refractivity (Wildman–Crippen MR) is 100 cm³/mol. The average Bonchev–Trinajstić information content (AvgIpc) is 2.87. The van der Waals surface area contributed by atoms with Crippen LogP contribution in [0.1, 0.15) is 37.2 Å². The second-order valence-electron chi connectivity index (χ2n) is 7.18. The van der Waals surface area contributed by atoms with Crippen LogP contribution in [0.15, 0.2) is 24.3 Å². The summed E-state index contributed by atoms with van der Waals surface area (Å²) in [6, 6.07) is 5.97. The Labute approximate surface area is 158 Å². The average molecular weight is 375 g/mol. The van der Waals surface area contributed by atoms with E-state index in [4.69, 9.17) is 0 Å². The van der Waals surface area contributed by atoms with Crippen molar-refractivity contribution in [3.8, 4) is 5.69 Å². The summed E-state index contributed by atoms with van der Waals surface area (Å²) in [7, 11) is 0. The van der Waals surface area contributed by atoms with Crippen molar-refractivity contribution < 1.29 is 19.1 Å². The molecule has 0 aliphatic carbocycles. The van der Waals surface area contributed by atoms with Gasteiger partial charge in [0.1, 0.15) is 5.82 Å². The molecule has 0 saturated carbocycles. The van der Waals surface area contributed by atoms with E-state index in [-0.39, 0.29) is 30.6 Å². The highest BCUT2D eigenvalue weighted by Gasteiger charge is 2.21. The normalized spacial score (nSPS) is 12.2. The number of carboxylic acid groups (broad SMARTS) is 1. The summed E-state index contributed by atoms with van der Waals surface area (Å²) in [5.41, 5.74) is 3.01. The van der Waals surface area contributed by atoms with Gasteiger partial charge in [0, 0.05) is 17.8 Å². The largest absolute Gasteiger partial charge is 0.481 e. The highest BCUT2D eigenvalue weighted by Crippen LogP contribution is 2.19. The van der Waals surface area contributed by atoms with Gasteiger partial charge in [-0.3, -0.25) is 9.59 Å². The minimum Gasteiger partial charge on any atom is -0.481 e. The fourth-order valence-electron chi connectivity index (χ4n) is 3.07. The third-order valence-corrected chi connectivity index (χ3v) is 4.50. The van der Waals surface area contributed by atoms with Crippen LogP contribution >= 0.6 is 0 Å². The molecule has 1 heterocycles. The van der Waals surface area contributed by atoms with Gasteiger partial charge in [0.2, 0.25) is 5.91 Å². The van der Waals surface area contributed by atoms with Crippen molar-refractivity contribution in [2.24, 2.45) is 11.8 Å². The fourth-order valence-corrected chi connectivity index (χ4v) is 3.07. The zero-order valence-corrected chi connectivity index (χ0v) is 16.1. The van der Waals surface area contributed by atoms with E-state index in [1.54, 1.807) is 16.8 Å². The Kier molecular flexibility index (Phi) is 6.71. The van der Waals surface area contributed by atoms with Gasteiger partial charge in [-0.15, -0.1) is 0 Å². The van der Waals surface area contributed by atoms with Gasteiger partial charge >= 0.3 is 5.97 Å². The van der Waals surface area contributed by atoms with Crippen LogP contribution in [0.25, 0.3) is 5.69 Å². The molecule has 1 unspecified atom stereocenters. The molecule has 1 aromatic carbocycles. The highest BCUT2D eigenvalue weighted by molar-refractivity contribution is 5.80. The van der Waals surface area contributed by atoms with Gasteiger partial charge in [0.05, 0.1) is 23.7 Å². The van der Waals surface area contributed by atoms with Gasteiger partial charge in [-0.1, -0.05) is 13.8 Å². The third-order valence-electron chi connectivity index (χ3n) is 4.50. The van der Waals surface area contributed by atoms with Crippen LogP contribution in [-0.4, -0.2) is 33.3 Å². The van der Waals surface area contributed by atoms with E-state index < -0.39 is 11.9 Å². The second-order valence-corrected chi connectivity index (χ2v) is 7.18. The smallest absolute Gasteiger partial charge is 0.308 e. The Bertz CT molecular complexity index is 813. The van der Waals surface area contributed by atoms with Gasteiger partial charge < -0.3 is 10.4 Å². The van der Waals surface area contributed by atoms with Crippen LogP contribution in [-0.2, 0) is 16.0 Å². The van der Waals surface area contributed by atoms with E-state index in [2.05, 4.69) is 10.4 Å². The van der Waals surface area contributed by atoms with Gasteiger partial charge in [0.25, 0.3) is 0 Å². The number of halogens is 1. The Hall–Kier alpha value is -2.70. The highest BCUT2D eigenvalue weighted by atomic mass is 19.1. The standard InChI is InChI=1S/C20H26FN3O3/c1-12(2)9-15(20(26)27)11-22-19(25)10-18-13(3)23-24(14(18)4)17-7-5-16(21)6-8-17/h5-8,12,15H,9-11H2,1-4H3,(H,22,25)(H,26,27). The van der Waals surface area contributed by atoms with Crippen LogP contribution in [0, 0.1) is 31.5 Å². The number of aromatic nitrogens is 2. The minimum absolute atomic E-state index is 0.108. The van der Waals surface area contributed by atoms with Crippen LogP contribution in [0.5, 0.6) is 0 Å². The number of hydrogen-bond acceptors (Lipinski definition) is 3. The quantitative estimate of drug-likeness (QED) is 0.743. The van der Waals surface area contributed by atoms with Gasteiger partial charge in [-0.25, -0.2) is 9.07 Å². The maximum Gasteiger partial charge on any atom is 0.308 e. The van der Waals surface area contributed by atoms with Gasteiger partial charge in [-0.2, -0.15) is 5.10 Å². The van der Waals surface area contributed by atoms with Crippen molar-refractivity contribution in [3.63, 3.8) is 0 Å². The van der Waals surface area contributed by atoms with Crippen molar-refractivity contribution in [3.05, 3.63) is 47.0 Å². The van der Waals surface area contributed by atoms with Crippen molar-refractivity contribution in [2.45, 2.75) is 40.5 Å². The molecule has 0 fully saturated rings. The lowest BCUT2D eigenvalue weighted by Gasteiger charge is -2.15. The van der Waals surface area contributed by atoms with Crippen molar-refractivity contribution in [1.29, 1.82) is 0 Å². The predicted octanol–water partition coefficient (Wildman–Crippen LogP) is 3.03. The van der Waals surface area contributed by atoms with E-state index in [0.717, 1.165) is 11.3 Å². The molecule has 2 rings (SSSR count). The van der Waals surface area contributed by atoms with Crippen molar-refractivity contribution >= 4 is 11.9 Å². The fraction of sp³-hybridized carbons (Fsp3) is 0.450. The number of carbonyl (C=O) groups is 2. The molecule has 0 radical (unpaired) electrons. The van der Waals surface area contributed by atoms with E-state index in [1.807, 2.05) is 27.7 Å². The monoisotopic (exact) mass is 375 g/mol. The molecule has 0 saturated heterocycles. The van der Waals surface area contributed by atoms with Gasteiger partial charge in [0.15, 0.2) is 0 Å². The third kappa shape index (κ3) is 5.39. The number of aryl methyl sites for hydroxylation is 1. The van der Waals surface area contributed by atoms with Gasteiger partial charge in [-0.05, 0) is 50.5 Å². The summed E-state index contributed by atoms with van der Waals surface area (Å²) in [5, 5.41) is 16.4. The first-order valence-corrected chi connectivity index (χ1v) is 8.99. The Morgan fingerprint density at radius 1 is 1.22 bits per heavy atom. The first-order chi connectivity index (χ1) is 12.7. The molecule has 0 bridgehead atoms. The minimum atomic E-state index is -0.902. The number of carboxylic acids is 1. The molecular formula is C20H26FN3O3. The maximum atomic E-state index is 13.1. The number of benzene rings is 1. The topological polar surface area (TPSA) is 84.2 Å². The van der Waals surface area contributed by atoms with E-state index in [1.165, 1.54) is 12.1 Å². The molecular weight excluding hydrogens is 349 g/mol. The van der Waals surface area contributed by atoms with Crippen LogP contribution in [0.4, 0.5) is 4.39 Å². The number of nitrogens with zero attached hydrogens (tertiary/aromatic N) is 2. The summed E-state index contributed by atoms with van der Waals surface area (Å²) < 4.78 is 14.8. The lowest BCUT2D eigenvalue weighted by Crippen LogP contribution is -2.34. The van der Waals surface area contributed by atoms with Crippen LogP contribution in [0.3, 0.4) is 0 Å². The number of aliphatic carboxylic acids is 1. The second kappa shape index (κ2) is 8.79. The number of nitrogens with one attached hydrogen (secondary N) is 1. The zero-order chi connectivity index (χ0) is 20.1. The zero-order valence-electron chi connectivity index (χ0n) is 16.1. The molecule has 1 atom stereocenters. The summed E-state index contributed by atoms with van der Waals surface area (Å²) in [6.45, 7) is 7.68. The molecule has 2 aromatic rings. The molecule has 0 aliphatic heterocycles. The Morgan fingerprint density at radius 2 is 1.85 bits per heavy atom. The van der Waals surface area contributed by atoms with E-state index >= 15 is 0 Å². The maximum absolute atomic E-state index is 13.1. The lowest BCUT2D eigenvalue weighted by molar-refractivity contribution is -0.142. The molecule has 146 valence electrons. The number of hydrogen-bond donors (Lipinski definition) is 2. The Morgan fingerprint density at radius 3 is 2.41 bits per heavy atom. The summed E-state index contributed by atoms with van der Waals surface area (Å²) in [6.07, 6.45) is 0.628. The first-order valence-electron chi connectivity index (χ1n) is 8.99. The molecule has 1 aromatic heterocycles. The lowest BCUT2D eigenvalue weighted by atomic mass is 9.97. The van der Waals surface area contributed by atoms with Crippen LogP contribution in [0.2, 0.25) is 0 Å². The number of rotatable bonds is 8. The SMILES string of the molecule is Cc1nn(-c2ccc(F)cc2)c(C)c1CC(=O)NCC(CC(C)C)C(=O)O. The summed E-state index contributed by atoms with van der Waals surface area (Å²) in [4.78, 5) is 23.6. The van der Waals surface area contributed by atoms with Crippen LogP contribution < -0.4 is 5.32 Å². The molecule has 7 heteroatoms.